The molecule has 1 aliphatic carbocycles. The third-order valence-electron chi connectivity index (χ3n) is 5.43. The van der Waals surface area contributed by atoms with Gasteiger partial charge in [-0.2, -0.15) is 0 Å². The second kappa shape index (κ2) is 9.59. The van der Waals surface area contributed by atoms with Gasteiger partial charge in [-0.25, -0.2) is 9.48 Å². The molecule has 0 radical (unpaired) electrons. The fourth-order valence-electron chi connectivity index (χ4n) is 3.71. The lowest BCUT2D eigenvalue weighted by Crippen LogP contribution is -2.19. The first-order valence-corrected chi connectivity index (χ1v) is 10.7. The van der Waals surface area contributed by atoms with Crippen molar-refractivity contribution in [2.24, 2.45) is 7.05 Å². The number of ether oxygens (including phenoxy) is 2. The van der Waals surface area contributed by atoms with E-state index in [4.69, 9.17) is 9.47 Å². The summed E-state index contributed by atoms with van der Waals surface area (Å²) >= 11 is 0. The highest BCUT2D eigenvalue weighted by atomic mass is 16.6. The SMILES string of the molecule is C[C@@H](OC(=O)Nc1c(-c2ccc(OC3CCCCC3)cn2)nnn1C)c1ccccc1. The Kier molecular flexibility index (Phi) is 6.45. The molecular formula is C23H27N5O3. The number of nitrogens with zero attached hydrogens (tertiary/aromatic N) is 4. The molecule has 1 atom stereocenters. The van der Waals surface area contributed by atoms with Gasteiger partial charge in [0.25, 0.3) is 0 Å². The van der Waals surface area contributed by atoms with Crippen LogP contribution in [0.5, 0.6) is 5.75 Å². The Morgan fingerprint density at radius 3 is 2.61 bits per heavy atom. The van der Waals surface area contributed by atoms with E-state index in [2.05, 4.69) is 20.6 Å². The molecule has 0 bridgehead atoms. The fourth-order valence-corrected chi connectivity index (χ4v) is 3.71. The van der Waals surface area contributed by atoms with Gasteiger partial charge in [-0.1, -0.05) is 42.0 Å². The largest absolute Gasteiger partial charge is 0.489 e. The second-order valence-corrected chi connectivity index (χ2v) is 7.75. The number of carbonyl (C=O) groups is 1. The molecule has 8 nitrogen and oxygen atoms in total. The lowest BCUT2D eigenvalue weighted by molar-refractivity contribution is 0.121. The molecule has 3 aromatic rings. The van der Waals surface area contributed by atoms with Crippen molar-refractivity contribution in [3.63, 3.8) is 0 Å². The third-order valence-corrected chi connectivity index (χ3v) is 5.43. The second-order valence-electron chi connectivity index (χ2n) is 7.75. The van der Waals surface area contributed by atoms with Crippen molar-refractivity contribution in [2.75, 3.05) is 5.32 Å². The van der Waals surface area contributed by atoms with Gasteiger partial charge in [0.05, 0.1) is 18.0 Å². The van der Waals surface area contributed by atoms with E-state index in [1.165, 1.54) is 23.9 Å². The lowest BCUT2D eigenvalue weighted by atomic mass is 9.98. The Bertz CT molecular complexity index is 998. The van der Waals surface area contributed by atoms with E-state index in [9.17, 15) is 4.79 Å². The fraction of sp³-hybridized carbons (Fsp3) is 0.391. The van der Waals surface area contributed by atoms with E-state index in [1.54, 1.807) is 13.2 Å². The van der Waals surface area contributed by atoms with E-state index in [1.807, 2.05) is 49.4 Å². The number of aromatic nitrogens is 4. The highest BCUT2D eigenvalue weighted by Gasteiger charge is 2.20. The molecule has 2 heterocycles. The topological polar surface area (TPSA) is 91.2 Å². The highest BCUT2D eigenvalue weighted by molar-refractivity contribution is 5.88. The van der Waals surface area contributed by atoms with Crippen molar-refractivity contribution >= 4 is 11.9 Å². The van der Waals surface area contributed by atoms with Crippen LogP contribution in [0, 0.1) is 0 Å². The summed E-state index contributed by atoms with van der Waals surface area (Å²) in [5.74, 6) is 1.16. The summed E-state index contributed by atoms with van der Waals surface area (Å²) in [6.45, 7) is 1.82. The molecule has 162 valence electrons. The van der Waals surface area contributed by atoms with Crippen molar-refractivity contribution in [1.82, 2.24) is 20.0 Å². The zero-order valence-corrected chi connectivity index (χ0v) is 17.8. The predicted molar refractivity (Wildman–Crippen MR) is 117 cm³/mol. The van der Waals surface area contributed by atoms with Crippen LogP contribution < -0.4 is 10.1 Å². The van der Waals surface area contributed by atoms with Crippen molar-refractivity contribution in [1.29, 1.82) is 0 Å². The van der Waals surface area contributed by atoms with Crippen LogP contribution >= 0.6 is 0 Å². The summed E-state index contributed by atoms with van der Waals surface area (Å²) in [4.78, 5) is 16.9. The Labute approximate surface area is 181 Å². The monoisotopic (exact) mass is 421 g/mol. The summed E-state index contributed by atoms with van der Waals surface area (Å²) in [7, 11) is 1.70. The molecule has 1 fully saturated rings. The minimum atomic E-state index is -0.583. The zero-order valence-electron chi connectivity index (χ0n) is 17.8. The molecule has 31 heavy (non-hydrogen) atoms. The quantitative estimate of drug-likeness (QED) is 0.609. The number of nitrogens with one attached hydrogen (secondary N) is 1. The predicted octanol–water partition coefficient (Wildman–Crippen LogP) is 4.90. The van der Waals surface area contributed by atoms with Crippen LogP contribution in [0.4, 0.5) is 10.6 Å². The molecule has 1 amide bonds. The van der Waals surface area contributed by atoms with E-state index in [0.717, 1.165) is 24.2 Å². The Morgan fingerprint density at radius 1 is 1.13 bits per heavy atom. The normalized spacial score (nSPS) is 15.3. The molecule has 1 aliphatic rings. The van der Waals surface area contributed by atoms with Gasteiger partial charge in [0.1, 0.15) is 11.9 Å². The highest BCUT2D eigenvalue weighted by Crippen LogP contribution is 2.27. The summed E-state index contributed by atoms with van der Waals surface area (Å²) < 4.78 is 13.0. The number of benzene rings is 1. The van der Waals surface area contributed by atoms with Crippen LogP contribution in [0.1, 0.15) is 50.7 Å². The maximum Gasteiger partial charge on any atom is 0.413 e. The molecule has 4 rings (SSSR count). The molecule has 0 spiro atoms. The van der Waals surface area contributed by atoms with Crippen LogP contribution in [-0.4, -0.2) is 32.2 Å². The standard InChI is InChI=1S/C23H27N5O3/c1-16(17-9-5-3-6-10-17)30-23(29)25-22-21(26-27-28(22)2)20-14-13-19(15-24-20)31-18-11-7-4-8-12-18/h3,5-6,9-10,13-16,18H,4,7-8,11-12H2,1-2H3,(H,25,29)/t16-/m1/s1. The number of carbonyl (C=O) groups excluding carboxylic acids is 1. The van der Waals surface area contributed by atoms with Crippen LogP contribution in [0.15, 0.2) is 48.7 Å². The van der Waals surface area contributed by atoms with E-state index in [-0.39, 0.29) is 12.2 Å². The summed E-state index contributed by atoms with van der Waals surface area (Å²) in [5, 5.41) is 10.9. The van der Waals surface area contributed by atoms with Crippen LogP contribution in [-0.2, 0) is 11.8 Å². The Balaban J connectivity index is 1.43. The van der Waals surface area contributed by atoms with Crippen LogP contribution in [0.25, 0.3) is 11.4 Å². The maximum atomic E-state index is 12.5. The summed E-state index contributed by atoms with van der Waals surface area (Å²) in [5.41, 5.74) is 1.97. The number of amides is 1. The minimum absolute atomic E-state index is 0.261. The molecule has 1 saturated carbocycles. The Hall–Kier alpha value is -3.42. The third kappa shape index (κ3) is 5.20. The average molecular weight is 422 g/mol. The average Bonchev–Trinajstić information content (AvgIpc) is 3.15. The van der Waals surface area contributed by atoms with Crippen molar-refractivity contribution in [2.45, 2.75) is 51.2 Å². The van der Waals surface area contributed by atoms with Crippen molar-refractivity contribution in [3.05, 3.63) is 54.2 Å². The molecule has 0 aliphatic heterocycles. The molecule has 8 heteroatoms. The molecule has 2 aromatic heterocycles. The van der Waals surface area contributed by atoms with Gasteiger partial charge in [-0.3, -0.25) is 10.3 Å². The molecule has 1 aromatic carbocycles. The smallest absolute Gasteiger partial charge is 0.413 e. The van der Waals surface area contributed by atoms with Crippen LogP contribution in [0.2, 0.25) is 0 Å². The number of rotatable bonds is 6. The number of hydrogen-bond acceptors (Lipinski definition) is 6. The Morgan fingerprint density at radius 2 is 1.90 bits per heavy atom. The van der Waals surface area contributed by atoms with Crippen molar-refractivity contribution in [3.8, 4) is 17.1 Å². The van der Waals surface area contributed by atoms with Crippen molar-refractivity contribution < 1.29 is 14.3 Å². The first-order chi connectivity index (χ1) is 15.1. The van der Waals surface area contributed by atoms with Gasteiger partial charge in [-0.15, -0.1) is 5.10 Å². The van der Waals surface area contributed by atoms with E-state index >= 15 is 0 Å². The van der Waals surface area contributed by atoms with Gasteiger partial charge >= 0.3 is 6.09 Å². The van der Waals surface area contributed by atoms with Gasteiger partial charge in [0, 0.05) is 7.05 Å². The van der Waals surface area contributed by atoms with E-state index in [0.29, 0.717) is 17.2 Å². The first kappa shape index (κ1) is 20.8. The summed E-state index contributed by atoms with van der Waals surface area (Å²) in [6, 6.07) is 13.3. The molecule has 0 unspecified atom stereocenters. The minimum Gasteiger partial charge on any atom is -0.489 e. The van der Waals surface area contributed by atoms with Gasteiger partial charge in [0.2, 0.25) is 0 Å². The van der Waals surface area contributed by atoms with E-state index < -0.39 is 6.09 Å². The number of anilines is 1. The van der Waals surface area contributed by atoms with Gasteiger partial charge in [-0.05, 0) is 50.3 Å². The molecule has 1 N–H and O–H groups in total. The lowest BCUT2D eigenvalue weighted by Gasteiger charge is -2.22. The maximum absolute atomic E-state index is 12.5. The summed E-state index contributed by atoms with van der Waals surface area (Å²) in [6.07, 6.45) is 6.86. The molecular weight excluding hydrogens is 394 g/mol. The number of aryl methyl sites for hydroxylation is 1. The zero-order chi connectivity index (χ0) is 21.6. The van der Waals surface area contributed by atoms with Gasteiger partial charge in [0.15, 0.2) is 11.5 Å². The first-order valence-electron chi connectivity index (χ1n) is 10.7. The van der Waals surface area contributed by atoms with Gasteiger partial charge < -0.3 is 9.47 Å². The van der Waals surface area contributed by atoms with Crippen LogP contribution in [0.3, 0.4) is 0 Å². The number of pyridine rings is 1. The molecule has 0 saturated heterocycles. The number of hydrogen-bond donors (Lipinski definition) is 1.